The van der Waals surface area contributed by atoms with Crippen molar-refractivity contribution in [3.05, 3.63) is 54.1 Å². The molecular weight excluding hydrogens is 481 g/mol. The number of methoxy groups -OCH3 is 1. The van der Waals surface area contributed by atoms with E-state index in [0.29, 0.717) is 31.2 Å². The smallest absolute Gasteiger partial charge is 0.191 e. The standard InChI is InChI=1S/C22H27N3O3.HI/c1-4-14-28-21-16-18(11-12-20(21)26-3)17-25-22(23-5-2)24-13-15-27-19-9-7-6-8-10-19;/h1,6-12,16H,5,13-15,17H2,2-3H3,(H2,23,24,25);1H. The highest BCUT2D eigenvalue weighted by Gasteiger charge is 2.06. The first kappa shape index (κ1) is 24.4. The third kappa shape index (κ3) is 8.96. The zero-order valence-electron chi connectivity index (χ0n) is 16.8. The Labute approximate surface area is 190 Å². The lowest BCUT2D eigenvalue weighted by molar-refractivity contribution is 0.322. The van der Waals surface area contributed by atoms with Crippen LogP contribution < -0.4 is 24.8 Å². The topological polar surface area (TPSA) is 64.1 Å². The summed E-state index contributed by atoms with van der Waals surface area (Å²) in [6.45, 7) is 4.65. The minimum Gasteiger partial charge on any atom is -0.493 e. The van der Waals surface area contributed by atoms with E-state index in [1.54, 1.807) is 7.11 Å². The first-order valence-corrected chi connectivity index (χ1v) is 9.20. The molecule has 7 heteroatoms. The summed E-state index contributed by atoms with van der Waals surface area (Å²) in [5.74, 6) is 5.29. The number of hydrogen-bond acceptors (Lipinski definition) is 4. The van der Waals surface area contributed by atoms with Gasteiger partial charge in [0, 0.05) is 6.54 Å². The van der Waals surface area contributed by atoms with Gasteiger partial charge in [0.05, 0.1) is 20.2 Å². The molecule has 29 heavy (non-hydrogen) atoms. The molecule has 0 fully saturated rings. The highest BCUT2D eigenvalue weighted by Crippen LogP contribution is 2.28. The number of nitrogens with zero attached hydrogens (tertiary/aromatic N) is 1. The van der Waals surface area contributed by atoms with Gasteiger partial charge in [-0.25, -0.2) is 4.99 Å². The van der Waals surface area contributed by atoms with Gasteiger partial charge in [0.15, 0.2) is 17.5 Å². The van der Waals surface area contributed by atoms with Crippen LogP contribution in [-0.4, -0.2) is 39.4 Å². The van der Waals surface area contributed by atoms with Crippen molar-refractivity contribution in [1.29, 1.82) is 0 Å². The molecular formula is C22H28IN3O3. The summed E-state index contributed by atoms with van der Waals surface area (Å²) in [4.78, 5) is 4.61. The van der Waals surface area contributed by atoms with Crippen LogP contribution in [0.4, 0.5) is 0 Å². The number of guanidine groups is 1. The third-order valence-electron chi connectivity index (χ3n) is 3.71. The maximum absolute atomic E-state index is 5.68. The summed E-state index contributed by atoms with van der Waals surface area (Å²) in [5.41, 5.74) is 0.991. The van der Waals surface area contributed by atoms with E-state index < -0.39 is 0 Å². The Morgan fingerprint density at radius 2 is 1.86 bits per heavy atom. The van der Waals surface area contributed by atoms with Gasteiger partial charge >= 0.3 is 0 Å². The van der Waals surface area contributed by atoms with Gasteiger partial charge in [0.1, 0.15) is 19.0 Å². The molecule has 2 aromatic rings. The van der Waals surface area contributed by atoms with Crippen molar-refractivity contribution in [3.8, 4) is 29.6 Å². The van der Waals surface area contributed by atoms with E-state index in [0.717, 1.165) is 23.8 Å². The molecule has 0 aliphatic rings. The first-order valence-electron chi connectivity index (χ1n) is 9.20. The number of rotatable bonds is 10. The number of aliphatic imine (C=N–C) groups is 1. The van der Waals surface area contributed by atoms with Crippen LogP contribution in [0.5, 0.6) is 17.2 Å². The molecule has 2 rings (SSSR count). The largest absolute Gasteiger partial charge is 0.493 e. The Bertz CT molecular complexity index is 792. The minimum atomic E-state index is 0. The van der Waals surface area contributed by atoms with Crippen molar-refractivity contribution in [2.24, 2.45) is 4.99 Å². The van der Waals surface area contributed by atoms with Crippen molar-refractivity contribution >= 4 is 29.9 Å². The number of hydrogen-bond donors (Lipinski definition) is 2. The van der Waals surface area contributed by atoms with E-state index in [1.165, 1.54) is 0 Å². The van der Waals surface area contributed by atoms with Gasteiger partial charge in [0.2, 0.25) is 0 Å². The molecule has 0 saturated carbocycles. The fraction of sp³-hybridized carbons (Fsp3) is 0.318. The second-order valence-electron chi connectivity index (χ2n) is 5.76. The van der Waals surface area contributed by atoms with Crippen LogP contribution in [-0.2, 0) is 6.54 Å². The van der Waals surface area contributed by atoms with Crippen LogP contribution in [0.25, 0.3) is 0 Å². The van der Waals surface area contributed by atoms with Crippen molar-refractivity contribution in [2.45, 2.75) is 13.5 Å². The summed E-state index contributed by atoms with van der Waals surface area (Å²) < 4.78 is 16.5. The van der Waals surface area contributed by atoms with E-state index in [-0.39, 0.29) is 30.6 Å². The van der Waals surface area contributed by atoms with E-state index >= 15 is 0 Å². The number of para-hydroxylation sites is 1. The van der Waals surface area contributed by atoms with Crippen LogP contribution in [0.15, 0.2) is 53.5 Å². The molecule has 2 N–H and O–H groups in total. The first-order chi connectivity index (χ1) is 13.8. The van der Waals surface area contributed by atoms with Crippen molar-refractivity contribution in [1.82, 2.24) is 10.6 Å². The Balaban J connectivity index is 0.00000420. The Kier molecular flexibility index (Phi) is 12.1. The SMILES string of the molecule is C#CCOc1cc(CN=C(NCC)NCCOc2ccccc2)ccc1OC.I. The van der Waals surface area contributed by atoms with Crippen LogP contribution in [0.3, 0.4) is 0 Å². The summed E-state index contributed by atoms with van der Waals surface area (Å²) >= 11 is 0. The van der Waals surface area contributed by atoms with Gasteiger partial charge in [-0.1, -0.05) is 30.2 Å². The maximum atomic E-state index is 5.68. The van der Waals surface area contributed by atoms with E-state index in [2.05, 4.69) is 21.5 Å². The van der Waals surface area contributed by atoms with Crippen LogP contribution in [0.2, 0.25) is 0 Å². The highest BCUT2D eigenvalue weighted by molar-refractivity contribution is 14.0. The molecule has 0 radical (unpaired) electrons. The molecule has 0 bridgehead atoms. The number of halogens is 1. The summed E-state index contributed by atoms with van der Waals surface area (Å²) in [7, 11) is 1.60. The molecule has 0 saturated heterocycles. The molecule has 6 nitrogen and oxygen atoms in total. The van der Waals surface area contributed by atoms with Crippen molar-refractivity contribution in [2.75, 3.05) is 33.4 Å². The Hall–Kier alpha value is -2.60. The summed E-state index contributed by atoms with van der Waals surface area (Å²) in [6.07, 6.45) is 5.27. The summed E-state index contributed by atoms with van der Waals surface area (Å²) in [5, 5.41) is 6.49. The molecule has 0 aromatic heterocycles. The normalized spacial score (nSPS) is 10.3. The lowest BCUT2D eigenvalue weighted by atomic mass is 10.2. The lowest BCUT2D eigenvalue weighted by Gasteiger charge is -2.13. The molecule has 0 spiro atoms. The average molecular weight is 509 g/mol. The molecule has 2 aromatic carbocycles. The van der Waals surface area contributed by atoms with Crippen molar-refractivity contribution in [3.63, 3.8) is 0 Å². The Morgan fingerprint density at radius 1 is 1.07 bits per heavy atom. The molecule has 0 aliphatic heterocycles. The number of ether oxygens (including phenoxy) is 3. The highest BCUT2D eigenvalue weighted by atomic mass is 127. The second-order valence-corrected chi connectivity index (χ2v) is 5.76. The van der Waals surface area contributed by atoms with Gasteiger partial charge in [-0.05, 0) is 36.8 Å². The van der Waals surface area contributed by atoms with Crippen molar-refractivity contribution < 1.29 is 14.2 Å². The predicted octanol–water partition coefficient (Wildman–Crippen LogP) is 3.46. The molecule has 0 aliphatic carbocycles. The van der Waals surface area contributed by atoms with Crippen LogP contribution >= 0.6 is 24.0 Å². The molecule has 156 valence electrons. The fourth-order valence-corrected chi connectivity index (χ4v) is 2.42. The van der Waals surface area contributed by atoms with Gasteiger partial charge in [-0.2, -0.15) is 0 Å². The average Bonchev–Trinajstić information content (AvgIpc) is 2.74. The molecule has 0 atom stereocenters. The zero-order valence-corrected chi connectivity index (χ0v) is 19.1. The number of nitrogens with one attached hydrogen (secondary N) is 2. The van der Waals surface area contributed by atoms with E-state index in [4.69, 9.17) is 20.6 Å². The summed E-state index contributed by atoms with van der Waals surface area (Å²) in [6, 6.07) is 15.4. The van der Waals surface area contributed by atoms with E-state index in [1.807, 2.05) is 55.5 Å². The van der Waals surface area contributed by atoms with Gasteiger partial charge in [0.25, 0.3) is 0 Å². The van der Waals surface area contributed by atoms with E-state index in [9.17, 15) is 0 Å². The quantitative estimate of drug-likeness (QED) is 0.169. The molecule has 0 unspecified atom stereocenters. The van der Waals surface area contributed by atoms with Crippen LogP contribution in [0.1, 0.15) is 12.5 Å². The molecule has 0 amide bonds. The zero-order chi connectivity index (χ0) is 20.0. The van der Waals surface area contributed by atoms with Gasteiger partial charge in [-0.15, -0.1) is 30.4 Å². The third-order valence-corrected chi connectivity index (χ3v) is 3.71. The predicted molar refractivity (Wildman–Crippen MR) is 127 cm³/mol. The van der Waals surface area contributed by atoms with Crippen LogP contribution in [0, 0.1) is 12.3 Å². The fourth-order valence-electron chi connectivity index (χ4n) is 2.42. The monoisotopic (exact) mass is 509 g/mol. The van der Waals surface area contributed by atoms with Gasteiger partial charge < -0.3 is 24.8 Å². The molecule has 0 heterocycles. The number of terminal acetylenes is 1. The second kappa shape index (κ2) is 14.4. The Morgan fingerprint density at radius 3 is 2.55 bits per heavy atom. The van der Waals surface area contributed by atoms with Gasteiger partial charge in [-0.3, -0.25) is 0 Å². The lowest BCUT2D eigenvalue weighted by Crippen LogP contribution is -2.39. The number of benzene rings is 2. The maximum Gasteiger partial charge on any atom is 0.191 e. The minimum absolute atomic E-state index is 0.